The molecule has 0 amide bonds. The summed E-state index contributed by atoms with van der Waals surface area (Å²) in [6, 6.07) is 16.1. The van der Waals surface area contributed by atoms with E-state index in [-0.39, 0.29) is 37.0 Å². The number of β-amino-alcohol motifs (C(OH)–C–C–N with tert-alkyl or cyclic N) is 1. The maximum Gasteiger partial charge on any atom is 0.237 e. The van der Waals surface area contributed by atoms with E-state index in [1.165, 1.54) is 6.26 Å². The summed E-state index contributed by atoms with van der Waals surface area (Å²) in [5, 5.41) is 29.6. The minimum atomic E-state index is -0.529. The van der Waals surface area contributed by atoms with Crippen molar-refractivity contribution >= 4 is 23.1 Å². The van der Waals surface area contributed by atoms with Gasteiger partial charge in [-0.25, -0.2) is 14.8 Å². The number of aliphatic hydroxyl groups is 2. The number of rotatable bonds is 9. The van der Waals surface area contributed by atoms with Crippen molar-refractivity contribution in [3.05, 3.63) is 82.5 Å². The van der Waals surface area contributed by atoms with Crippen molar-refractivity contribution in [1.82, 2.24) is 9.97 Å². The maximum absolute atomic E-state index is 10.1. The fourth-order valence-electron chi connectivity index (χ4n) is 4.11. The van der Waals surface area contributed by atoms with Gasteiger partial charge in [0.05, 0.1) is 19.3 Å². The third-order valence-corrected chi connectivity index (χ3v) is 6.26. The summed E-state index contributed by atoms with van der Waals surface area (Å²) in [7, 11) is 0. The minimum absolute atomic E-state index is 0.0351. The lowest BCUT2D eigenvalue weighted by atomic mass is 9.98. The van der Waals surface area contributed by atoms with Crippen LogP contribution in [0.15, 0.2) is 59.2 Å². The molecular weight excluding hydrogens is 522 g/mol. The third-order valence-electron chi connectivity index (χ3n) is 6.01. The van der Waals surface area contributed by atoms with E-state index in [2.05, 4.69) is 20.9 Å². The third kappa shape index (κ3) is 5.49. The van der Waals surface area contributed by atoms with Gasteiger partial charge in [-0.2, -0.15) is 5.26 Å². The van der Waals surface area contributed by atoms with Crippen molar-refractivity contribution < 1.29 is 24.1 Å². The number of nitriles is 1. The van der Waals surface area contributed by atoms with Gasteiger partial charge in [0.1, 0.15) is 48.4 Å². The van der Waals surface area contributed by atoms with Gasteiger partial charge < -0.3 is 29.0 Å². The zero-order valence-electron chi connectivity index (χ0n) is 20.5. The molecule has 0 bridgehead atoms. The summed E-state index contributed by atoms with van der Waals surface area (Å²) in [5.41, 5.74) is 2.46. The maximum atomic E-state index is 10.1. The topological polar surface area (TPSA) is 129 Å². The molecule has 1 fully saturated rings. The fraction of sp³-hybridized carbons (Fsp3) is 0.214. The molecule has 0 aliphatic carbocycles. The summed E-state index contributed by atoms with van der Waals surface area (Å²) in [4.78, 5) is 14.5. The number of anilines is 1. The van der Waals surface area contributed by atoms with Crippen LogP contribution in [0, 0.1) is 17.9 Å². The van der Waals surface area contributed by atoms with Gasteiger partial charge in [-0.05, 0) is 42.0 Å². The number of oxazole rings is 1. The van der Waals surface area contributed by atoms with E-state index in [1.54, 1.807) is 53.4 Å². The van der Waals surface area contributed by atoms with Gasteiger partial charge in [0, 0.05) is 29.2 Å². The van der Waals surface area contributed by atoms with Gasteiger partial charge in [0.15, 0.2) is 0 Å². The van der Waals surface area contributed by atoms with Crippen molar-refractivity contribution in [3.8, 4) is 40.3 Å². The van der Waals surface area contributed by atoms with E-state index in [9.17, 15) is 10.4 Å². The van der Waals surface area contributed by atoms with E-state index in [4.69, 9.17) is 37.2 Å². The average Bonchev–Trinajstić information content (AvgIpc) is 3.42. The molecule has 0 unspecified atom stereocenters. The number of hydrogen-bond acceptors (Lipinski definition) is 9. The number of aliphatic hydroxyl groups excluding tert-OH is 2. The highest BCUT2D eigenvalue weighted by atomic mass is 35.5. The Balaban J connectivity index is 1.50. The number of pyridine rings is 1. The largest absolute Gasteiger partial charge is 0.491 e. The van der Waals surface area contributed by atoms with Gasteiger partial charge in [0.25, 0.3) is 0 Å². The van der Waals surface area contributed by atoms with Crippen LogP contribution in [0.2, 0.25) is 5.02 Å². The highest BCUT2D eigenvalue weighted by molar-refractivity contribution is 6.30. The second-order valence-electron chi connectivity index (χ2n) is 8.66. The Morgan fingerprint density at radius 1 is 1.10 bits per heavy atom. The van der Waals surface area contributed by atoms with E-state index in [1.807, 2.05) is 0 Å². The quantitative estimate of drug-likeness (QED) is 0.291. The molecule has 4 aromatic rings. The highest BCUT2D eigenvalue weighted by Crippen LogP contribution is 2.45. The second-order valence-corrected chi connectivity index (χ2v) is 9.09. The number of aromatic nitrogens is 2. The molecule has 2 N–H and O–H groups in total. The van der Waals surface area contributed by atoms with Crippen LogP contribution in [0.1, 0.15) is 11.3 Å². The Labute approximate surface area is 229 Å². The summed E-state index contributed by atoms with van der Waals surface area (Å²) < 4.78 is 17.0. The van der Waals surface area contributed by atoms with Crippen LogP contribution in [0.3, 0.4) is 0 Å². The lowest BCUT2D eigenvalue weighted by Crippen LogP contribution is -2.51. The molecule has 2 aromatic heterocycles. The van der Waals surface area contributed by atoms with Gasteiger partial charge in [-0.3, -0.25) is 0 Å². The number of nitrogens with zero attached hydrogens (tertiary/aromatic N) is 5. The fourth-order valence-corrected chi connectivity index (χ4v) is 4.23. The standard InChI is InChI=1S/C28H22ClN5O5/c1-31-25-24(17-4-8-22(9-5-17)37-11-10-35)23(12-30)28(33-26(25)34-13-21(36)14-34)39-16-20-15-38-27(32-20)18-2-6-19(29)7-3-18/h2-9,15,21,35-36H,10-11,13-14,16H2. The zero-order valence-corrected chi connectivity index (χ0v) is 21.3. The minimum Gasteiger partial charge on any atom is -0.491 e. The number of hydrogen-bond donors (Lipinski definition) is 2. The molecule has 0 saturated carbocycles. The van der Waals surface area contributed by atoms with Crippen molar-refractivity contribution in [1.29, 1.82) is 5.26 Å². The molecule has 1 aliphatic heterocycles. The Hall–Kier alpha value is -4.61. The first-order chi connectivity index (χ1) is 19.0. The Morgan fingerprint density at radius 3 is 2.46 bits per heavy atom. The van der Waals surface area contributed by atoms with Crippen molar-refractivity contribution in [2.45, 2.75) is 12.7 Å². The van der Waals surface area contributed by atoms with Gasteiger partial charge in [-0.1, -0.05) is 23.7 Å². The molecule has 10 nitrogen and oxygen atoms in total. The van der Waals surface area contributed by atoms with Gasteiger partial charge in [-0.15, -0.1) is 0 Å². The normalized spacial score (nSPS) is 12.9. The first-order valence-corrected chi connectivity index (χ1v) is 12.3. The van der Waals surface area contributed by atoms with E-state index >= 15 is 0 Å². The molecule has 196 valence electrons. The summed E-state index contributed by atoms with van der Waals surface area (Å²) in [6.07, 6.45) is 0.931. The monoisotopic (exact) mass is 543 g/mol. The first kappa shape index (κ1) is 26.0. The average molecular weight is 544 g/mol. The molecule has 0 atom stereocenters. The number of benzene rings is 2. The molecule has 1 saturated heterocycles. The van der Waals surface area contributed by atoms with Crippen LogP contribution in [0.4, 0.5) is 11.5 Å². The summed E-state index contributed by atoms with van der Waals surface area (Å²) in [5.74, 6) is 1.28. The Bertz CT molecular complexity index is 1550. The van der Waals surface area contributed by atoms with Crippen LogP contribution in [-0.4, -0.2) is 52.6 Å². The first-order valence-electron chi connectivity index (χ1n) is 12.0. The smallest absolute Gasteiger partial charge is 0.237 e. The van der Waals surface area contributed by atoms with E-state index in [0.29, 0.717) is 52.4 Å². The van der Waals surface area contributed by atoms with Crippen molar-refractivity contribution in [3.63, 3.8) is 0 Å². The summed E-state index contributed by atoms with van der Waals surface area (Å²) >= 11 is 5.96. The lowest BCUT2D eigenvalue weighted by molar-refractivity contribution is 0.141. The molecular formula is C28H22ClN5O5. The molecule has 0 radical (unpaired) electrons. The van der Waals surface area contributed by atoms with Gasteiger partial charge in [0.2, 0.25) is 17.5 Å². The molecule has 5 rings (SSSR count). The number of halogens is 1. The lowest BCUT2D eigenvalue weighted by Gasteiger charge is -2.38. The Kier molecular flexibility index (Phi) is 7.62. The molecule has 3 heterocycles. The predicted molar refractivity (Wildman–Crippen MR) is 143 cm³/mol. The molecule has 2 aromatic carbocycles. The van der Waals surface area contributed by atoms with E-state index < -0.39 is 6.10 Å². The van der Waals surface area contributed by atoms with Crippen LogP contribution in [0.25, 0.3) is 27.4 Å². The highest BCUT2D eigenvalue weighted by Gasteiger charge is 2.32. The second kappa shape index (κ2) is 11.4. The zero-order chi connectivity index (χ0) is 27.4. The SMILES string of the molecule is [C-]#[N+]c1c(N2CC(O)C2)nc(OCc2coc(-c3ccc(Cl)cc3)n2)c(C#N)c1-c1ccc(OCCO)cc1. The molecule has 0 spiro atoms. The van der Waals surface area contributed by atoms with Crippen LogP contribution in [-0.2, 0) is 6.61 Å². The number of ether oxygens (including phenoxy) is 2. The van der Waals surface area contributed by atoms with Crippen LogP contribution >= 0.6 is 11.6 Å². The summed E-state index contributed by atoms with van der Waals surface area (Å²) in [6.45, 7) is 8.49. The van der Waals surface area contributed by atoms with Gasteiger partial charge >= 0.3 is 0 Å². The van der Waals surface area contributed by atoms with Crippen LogP contribution in [0.5, 0.6) is 11.6 Å². The Morgan fingerprint density at radius 2 is 1.82 bits per heavy atom. The molecule has 1 aliphatic rings. The van der Waals surface area contributed by atoms with Crippen molar-refractivity contribution in [2.75, 3.05) is 31.2 Å². The van der Waals surface area contributed by atoms with Crippen molar-refractivity contribution in [2.24, 2.45) is 0 Å². The molecule has 39 heavy (non-hydrogen) atoms. The predicted octanol–water partition coefficient (Wildman–Crippen LogP) is 4.61. The van der Waals surface area contributed by atoms with Crippen LogP contribution < -0.4 is 14.4 Å². The molecule has 11 heteroatoms. The van der Waals surface area contributed by atoms with E-state index in [0.717, 1.165) is 5.56 Å².